The first-order chi connectivity index (χ1) is 13.9. The first-order valence-electron chi connectivity index (χ1n) is 11.1. The average Bonchev–Trinajstić information content (AvgIpc) is 2.68. The SMILES string of the molecule is COC(=O)NC1CC(C(=O)N2CCC3(CC2)CC(c2cccc(C(C)C)c2)C3)C1. The van der Waals surface area contributed by atoms with Crippen molar-refractivity contribution in [3.63, 3.8) is 0 Å². The van der Waals surface area contributed by atoms with Gasteiger partial charge < -0.3 is 15.0 Å². The van der Waals surface area contributed by atoms with E-state index in [0.717, 1.165) is 38.8 Å². The van der Waals surface area contributed by atoms with Crippen molar-refractivity contribution in [2.24, 2.45) is 11.3 Å². The maximum atomic E-state index is 12.8. The maximum Gasteiger partial charge on any atom is 0.407 e. The molecule has 0 radical (unpaired) electrons. The lowest BCUT2D eigenvalue weighted by Gasteiger charge is -2.53. The van der Waals surface area contributed by atoms with Crippen molar-refractivity contribution < 1.29 is 14.3 Å². The number of ether oxygens (including phenoxy) is 1. The summed E-state index contributed by atoms with van der Waals surface area (Å²) in [6, 6.07) is 9.21. The molecule has 2 amide bonds. The summed E-state index contributed by atoms with van der Waals surface area (Å²) in [5, 5.41) is 2.78. The van der Waals surface area contributed by atoms with E-state index in [0.29, 0.717) is 17.3 Å². The van der Waals surface area contributed by atoms with Crippen LogP contribution in [0.25, 0.3) is 0 Å². The number of benzene rings is 1. The molecule has 29 heavy (non-hydrogen) atoms. The van der Waals surface area contributed by atoms with Gasteiger partial charge in [0.1, 0.15) is 0 Å². The lowest BCUT2D eigenvalue weighted by molar-refractivity contribution is -0.142. The van der Waals surface area contributed by atoms with Gasteiger partial charge in [-0.15, -0.1) is 0 Å². The Hall–Kier alpha value is -2.04. The van der Waals surface area contributed by atoms with Crippen molar-refractivity contribution >= 4 is 12.0 Å². The van der Waals surface area contributed by atoms with Crippen molar-refractivity contribution in [2.75, 3.05) is 20.2 Å². The molecule has 0 unspecified atom stereocenters. The number of nitrogens with zero attached hydrogens (tertiary/aromatic N) is 1. The molecule has 3 fully saturated rings. The van der Waals surface area contributed by atoms with Crippen LogP contribution < -0.4 is 5.32 Å². The Morgan fingerprint density at radius 3 is 2.48 bits per heavy atom. The van der Waals surface area contributed by atoms with Crippen LogP contribution in [0.4, 0.5) is 4.79 Å². The monoisotopic (exact) mass is 398 g/mol. The number of methoxy groups -OCH3 is 1. The molecule has 0 bridgehead atoms. The zero-order valence-electron chi connectivity index (χ0n) is 17.9. The van der Waals surface area contributed by atoms with Crippen LogP contribution in [-0.4, -0.2) is 43.1 Å². The number of carbonyl (C=O) groups is 2. The highest BCUT2D eigenvalue weighted by Gasteiger charge is 2.47. The van der Waals surface area contributed by atoms with E-state index < -0.39 is 6.09 Å². The van der Waals surface area contributed by atoms with Gasteiger partial charge in [-0.05, 0) is 66.9 Å². The van der Waals surface area contributed by atoms with E-state index in [-0.39, 0.29) is 17.9 Å². The standard InChI is InChI=1S/C24H34N2O3/c1-16(2)17-5-4-6-18(11-17)20-14-24(15-20)7-9-26(10-8-24)22(27)19-12-21(13-19)25-23(28)29-3/h4-6,11,16,19-21H,7-10,12-15H2,1-3H3,(H,25,28). The molecule has 5 heteroatoms. The van der Waals surface area contributed by atoms with Gasteiger partial charge in [-0.3, -0.25) is 4.79 Å². The first-order valence-corrected chi connectivity index (χ1v) is 11.1. The predicted octanol–water partition coefficient (Wildman–Crippen LogP) is 4.43. The summed E-state index contributed by atoms with van der Waals surface area (Å²) in [4.78, 5) is 26.1. The molecular weight excluding hydrogens is 364 g/mol. The molecular formula is C24H34N2O3. The van der Waals surface area contributed by atoms with Gasteiger partial charge in [0.2, 0.25) is 5.91 Å². The zero-order valence-corrected chi connectivity index (χ0v) is 17.9. The van der Waals surface area contributed by atoms with E-state index in [2.05, 4.69) is 53.1 Å². The number of rotatable bonds is 4. The Bertz CT molecular complexity index is 753. The zero-order chi connectivity index (χ0) is 20.6. The van der Waals surface area contributed by atoms with Crippen LogP contribution >= 0.6 is 0 Å². The minimum Gasteiger partial charge on any atom is -0.453 e. The van der Waals surface area contributed by atoms with Crippen molar-refractivity contribution in [3.8, 4) is 0 Å². The number of nitrogens with one attached hydrogen (secondary N) is 1. The predicted molar refractivity (Wildman–Crippen MR) is 113 cm³/mol. The normalized spacial score (nSPS) is 26.0. The Labute approximate surface area is 174 Å². The second-order valence-corrected chi connectivity index (χ2v) is 9.76. The number of hydrogen-bond acceptors (Lipinski definition) is 3. The quantitative estimate of drug-likeness (QED) is 0.816. The van der Waals surface area contributed by atoms with Gasteiger partial charge in [-0.25, -0.2) is 4.79 Å². The summed E-state index contributed by atoms with van der Waals surface area (Å²) in [6.07, 6.45) is 5.88. The number of carbonyl (C=O) groups excluding carboxylic acids is 2. The highest BCUT2D eigenvalue weighted by atomic mass is 16.5. The maximum absolute atomic E-state index is 12.8. The Morgan fingerprint density at radius 2 is 1.86 bits per heavy atom. The molecule has 1 aromatic rings. The number of alkyl carbamates (subject to hydrolysis) is 1. The lowest BCUT2D eigenvalue weighted by Crippen LogP contribution is -2.53. The molecule has 0 atom stereocenters. The number of amides is 2. The largest absolute Gasteiger partial charge is 0.453 e. The molecule has 1 spiro atoms. The third-order valence-corrected chi connectivity index (χ3v) is 7.54. The van der Waals surface area contributed by atoms with Crippen LogP contribution in [-0.2, 0) is 9.53 Å². The van der Waals surface area contributed by atoms with Crippen LogP contribution in [0.15, 0.2) is 24.3 Å². The van der Waals surface area contributed by atoms with Gasteiger partial charge in [0, 0.05) is 25.0 Å². The third-order valence-electron chi connectivity index (χ3n) is 7.54. The van der Waals surface area contributed by atoms with Gasteiger partial charge in [0.05, 0.1) is 7.11 Å². The van der Waals surface area contributed by atoms with E-state index in [4.69, 9.17) is 0 Å². The Morgan fingerprint density at radius 1 is 1.17 bits per heavy atom. The van der Waals surface area contributed by atoms with E-state index in [1.807, 2.05) is 0 Å². The minimum absolute atomic E-state index is 0.0686. The molecule has 2 saturated carbocycles. The highest BCUT2D eigenvalue weighted by molar-refractivity contribution is 5.80. The molecule has 2 aliphatic carbocycles. The Kier molecular flexibility index (Phi) is 5.58. The summed E-state index contributed by atoms with van der Waals surface area (Å²) >= 11 is 0. The van der Waals surface area contributed by atoms with Crippen molar-refractivity contribution in [1.82, 2.24) is 10.2 Å². The molecule has 1 heterocycles. The Balaban J connectivity index is 1.23. The summed E-state index contributed by atoms with van der Waals surface area (Å²) in [6.45, 7) is 6.29. The average molecular weight is 399 g/mol. The molecule has 1 aromatic carbocycles. The molecule has 158 valence electrons. The molecule has 3 aliphatic rings. The molecule has 4 rings (SSSR count). The molecule has 1 saturated heterocycles. The molecule has 1 aliphatic heterocycles. The van der Waals surface area contributed by atoms with Gasteiger partial charge in [0.25, 0.3) is 0 Å². The van der Waals surface area contributed by atoms with E-state index in [1.165, 1.54) is 31.1 Å². The summed E-state index contributed by atoms with van der Waals surface area (Å²) in [5.41, 5.74) is 3.38. The summed E-state index contributed by atoms with van der Waals surface area (Å²) in [7, 11) is 1.37. The second-order valence-electron chi connectivity index (χ2n) is 9.76. The van der Waals surface area contributed by atoms with Crippen LogP contribution in [0.1, 0.15) is 75.3 Å². The minimum atomic E-state index is -0.403. The second kappa shape index (κ2) is 8.00. The fourth-order valence-electron chi connectivity index (χ4n) is 5.42. The first kappa shape index (κ1) is 20.2. The fraction of sp³-hybridized carbons (Fsp3) is 0.667. The van der Waals surface area contributed by atoms with Crippen molar-refractivity contribution in [3.05, 3.63) is 35.4 Å². The number of likely N-dealkylation sites (tertiary alicyclic amines) is 1. The van der Waals surface area contributed by atoms with Crippen LogP contribution in [0, 0.1) is 11.3 Å². The smallest absolute Gasteiger partial charge is 0.407 e. The molecule has 5 nitrogen and oxygen atoms in total. The van der Waals surface area contributed by atoms with Crippen LogP contribution in [0.3, 0.4) is 0 Å². The van der Waals surface area contributed by atoms with Gasteiger partial charge in [-0.2, -0.15) is 0 Å². The van der Waals surface area contributed by atoms with Gasteiger partial charge in [-0.1, -0.05) is 38.1 Å². The topological polar surface area (TPSA) is 58.6 Å². The van der Waals surface area contributed by atoms with Crippen molar-refractivity contribution in [1.29, 1.82) is 0 Å². The van der Waals surface area contributed by atoms with Gasteiger partial charge in [0.15, 0.2) is 0 Å². The van der Waals surface area contributed by atoms with Crippen LogP contribution in [0.5, 0.6) is 0 Å². The number of hydrogen-bond donors (Lipinski definition) is 1. The lowest BCUT2D eigenvalue weighted by atomic mass is 9.56. The molecule has 0 aromatic heterocycles. The number of piperidine rings is 1. The summed E-state index contributed by atoms with van der Waals surface area (Å²) in [5.74, 6) is 1.61. The van der Waals surface area contributed by atoms with E-state index in [9.17, 15) is 9.59 Å². The highest BCUT2D eigenvalue weighted by Crippen LogP contribution is 2.57. The summed E-state index contributed by atoms with van der Waals surface area (Å²) < 4.78 is 4.62. The van der Waals surface area contributed by atoms with E-state index in [1.54, 1.807) is 0 Å². The third kappa shape index (κ3) is 4.15. The van der Waals surface area contributed by atoms with E-state index >= 15 is 0 Å². The van der Waals surface area contributed by atoms with Crippen LogP contribution in [0.2, 0.25) is 0 Å². The van der Waals surface area contributed by atoms with Gasteiger partial charge >= 0.3 is 6.09 Å². The fourth-order valence-corrected chi connectivity index (χ4v) is 5.42. The van der Waals surface area contributed by atoms with Crippen molar-refractivity contribution in [2.45, 2.75) is 70.3 Å². The molecule has 1 N–H and O–H groups in total.